The highest BCUT2D eigenvalue weighted by atomic mass is 16.5. The van der Waals surface area contributed by atoms with E-state index in [2.05, 4.69) is 19.9 Å². The van der Waals surface area contributed by atoms with Crippen molar-refractivity contribution in [3.05, 3.63) is 11.6 Å². The molecule has 36 heavy (non-hydrogen) atoms. The van der Waals surface area contributed by atoms with Crippen molar-refractivity contribution in [3.8, 4) is 0 Å². The van der Waals surface area contributed by atoms with Crippen molar-refractivity contribution in [1.29, 1.82) is 0 Å². The number of hydrogen-bond donors (Lipinski definition) is 0. The topological polar surface area (TPSA) is 61.8 Å². The lowest BCUT2D eigenvalue weighted by Gasteiger charge is -2.58. The molecule has 10 atom stereocenters. The SMILES string of the molecule is CC(=O)O[C@H]1CC2C3C(=O)C=C4C[C@@H](C5CCCCO5)CC[C@]4(C)C3CC[C@]2(C)[C@H]1C1CCCCO1. The van der Waals surface area contributed by atoms with Crippen LogP contribution in [0.3, 0.4) is 0 Å². The standard InChI is InChI=1S/C31H46O5/c1-19(32)36-27-18-23-28-22(11-13-31(23,3)29(27)26-9-5-7-15-35-26)30(2)12-10-20(16-21(30)17-24(28)33)25-8-4-6-14-34-25/h17,20,22-23,25-29H,4-16,18H2,1-3H3/t20-,22?,23?,25?,26?,27-,28?,29-,30-,31-/m0/s1. The monoisotopic (exact) mass is 498 g/mol. The molecular formula is C31H46O5. The largest absolute Gasteiger partial charge is 0.462 e. The van der Waals surface area contributed by atoms with E-state index in [1.807, 2.05) is 0 Å². The fraction of sp³-hybridized carbons (Fsp3) is 0.871. The van der Waals surface area contributed by atoms with Gasteiger partial charge in [0.15, 0.2) is 5.78 Å². The second kappa shape index (κ2) is 9.52. The minimum Gasteiger partial charge on any atom is -0.462 e. The maximum atomic E-state index is 14.0. The van der Waals surface area contributed by atoms with Gasteiger partial charge < -0.3 is 14.2 Å². The van der Waals surface area contributed by atoms with Gasteiger partial charge in [-0.1, -0.05) is 19.4 Å². The van der Waals surface area contributed by atoms with Gasteiger partial charge in [-0.3, -0.25) is 9.59 Å². The number of fused-ring (bicyclic) bond motifs is 5. The van der Waals surface area contributed by atoms with E-state index < -0.39 is 0 Å². The summed E-state index contributed by atoms with van der Waals surface area (Å²) < 4.78 is 18.5. The number of hydrogen-bond acceptors (Lipinski definition) is 5. The Labute approximate surface area is 217 Å². The summed E-state index contributed by atoms with van der Waals surface area (Å²) >= 11 is 0. The molecule has 0 bridgehead atoms. The molecule has 0 amide bonds. The van der Waals surface area contributed by atoms with Gasteiger partial charge in [-0.15, -0.1) is 0 Å². The Hall–Kier alpha value is -1.20. The summed E-state index contributed by atoms with van der Waals surface area (Å²) in [6.45, 7) is 8.09. The summed E-state index contributed by atoms with van der Waals surface area (Å²) in [6, 6.07) is 0. The van der Waals surface area contributed by atoms with Crippen molar-refractivity contribution < 1.29 is 23.8 Å². The third-order valence-corrected chi connectivity index (χ3v) is 11.7. The van der Waals surface area contributed by atoms with E-state index in [1.54, 1.807) is 0 Å². The average molecular weight is 499 g/mol. The molecule has 5 fully saturated rings. The Bertz CT molecular complexity index is 899. The molecule has 0 aromatic heterocycles. The fourth-order valence-corrected chi connectivity index (χ4v) is 9.97. The molecule has 6 aliphatic rings. The van der Waals surface area contributed by atoms with Gasteiger partial charge in [-0.25, -0.2) is 0 Å². The first kappa shape index (κ1) is 25.1. The zero-order valence-corrected chi connectivity index (χ0v) is 22.6. The van der Waals surface area contributed by atoms with Crippen molar-refractivity contribution in [1.82, 2.24) is 0 Å². The van der Waals surface area contributed by atoms with Crippen LogP contribution in [-0.4, -0.2) is 43.3 Å². The van der Waals surface area contributed by atoms with Gasteiger partial charge in [0.05, 0.1) is 12.2 Å². The molecule has 0 radical (unpaired) electrons. The van der Waals surface area contributed by atoms with E-state index in [0.29, 0.717) is 23.7 Å². The average Bonchev–Trinajstić information content (AvgIpc) is 3.16. The Morgan fingerprint density at radius 3 is 2.33 bits per heavy atom. The van der Waals surface area contributed by atoms with Gasteiger partial charge in [0, 0.05) is 32.0 Å². The van der Waals surface area contributed by atoms with Crippen LogP contribution in [0.15, 0.2) is 11.6 Å². The molecule has 200 valence electrons. The van der Waals surface area contributed by atoms with Crippen LogP contribution in [0.2, 0.25) is 0 Å². The fourth-order valence-electron chi connectivity index (χ4n) is 9.97. The maximum absolute atomic E-state index is 14.0. The number of rotatable bonds is 3. The highest BCUT2D eigenvalue weighted by Crippen LogP contribution is 2.67. The second-order valence-electron chi connectivity index (χ2n) is 13.5. The molecule has 2 heterocycles. The maximum Gasteiger partial charge on any atom is 0.302 e. The van der Waals surface area contributed by atoms with E-state index in [4.69, 9.17) is 14.2 Å². The van der Waals surface area contributed by atoms with Crippen molar-refractivity contribution in [2.24, 2.45) is 40.4 Å². The van der Waals surface area contributed by atoms with Crippen LogP contribution in [0.4, 0.5) is 0 Å². The molecule has 2 aliphatic heterocycles. The molecule has 4 aliphatic carbocycles. The van der Waals surface area contributed by atoms with Crippen LogP contribution in [0.1, 0.15) is 97.8 Å². The van der Waals surface area contributed by atoms with Crippen LogP contribution in [-0.2, 0) is 23.8 Å². The van der Waals surface area contributed by atoms with E-state index in [-0.39, 0.29) is 46.8 Å². The van der Waals surface area contributed by atoms with Crippen molar-refractivity contribution in [3.63, 3.8) is 0 Å². The number of ether oxygens (including phenoxy) is 3. The van der Waals surface area contributed by atoms with E-state index >= 15 is 0 Å². The predicted octanol–water partition coefficient (Wildman–Crippen LogP) is 6.04. The molecular weight excluding hydrogens is 452 g/mol. The molecule has 6 rings (SSSR count). The number of carbonyl (C=O) groups excluding carboxylic acids is 2. The molecule has 0 aromatic carbocycles. The van der Waals surface area contributed by atoms with Crippen LogP contribution in [0, 0.1) is 40.4 Å². The van der Waals surface area contributed by atoms with Crippen LogP contribution >= 0.6 is 0 Å². The third-order valence-electron chi connectivity index (χ3n) is 11.7. The molecule has 5 nitrogen and oxygen atoms in total. The van der Waals surface area contributed by atoms with E-state index in [9.17, 15) is 9.59 Å². The third kappa shape index (κ3) is 4.02. The first-order valence-corrected chi connectivity index (χ1v) is 15.0. The molecule has 2 saturated heterocycles. The zero-order chi connectivity index (χ0) is 25.1. The van der Waals surface area contributed by atoms with E-state index in [0.717, 1.165) is 51.7 Å². The quantitative estimate of drug-likeness (QED) is 0.444. The summed E-state index contributed by atoms with van der Waals surface area (Å²) in [6.07, 6.45) is 15.9. The molecule has 5 heteroatoms. The van der Waals surface area contributed by atoms with Gasteiger partial charge in [-0.05, 0) is 112 Å². The molecule has 0 spiro atoms. The van der Waals surface area contributed by atoms with Crippen molar-refractivity contribution >= 4 is 11.8 Å². The predicted molar refractivity (Wildman–Crippen MR) is 137 cm³/mol. The number of esters is 1. The lowest BCUT2D eigenvalue weighted by Crippen LogP contribution is -2.54. The van der Waals surface area contributed by atoms with Gasteiger partial charge >= 0.3 is 5.97 Å². The molecule has 3 saturated carbocycles. The molecule has 5 unspecified atom stereocenters. The van der Waals surface area contributed by atoms with Crippen molar-refractivity contribution in [2.75, 3.05) is 13.2 Å². The summed E-state index contributed by atoms with van der Waals surface area (Å²) in [5, 5.41) is 0. The zero-order valence-electron chi connectivity index (χ0n) is 22.6. The van der Waals surface area contributed by atoms with Gasteiger partial charge in [0.2, 0.25) is 0 Å². The van der Waals surface area contributed by atoms with Gasteiger partial charge in [0.1, 0.15) is 6.10 Å². The summed E-state index contributed by atoms with van der Waals surface area (Å²) in [5.41, 5.74) is 1.50. The van der Waals surface area contributed by atoms with Crippen LogP contribution in [0.25, 0.3) is 0 Å². The molecule has 0 aromatic rings. The molecule has 0 N–H and O–H groups in total. The van der Waals surface area contributed by atoms with E-state index in [1.165, 1.54) is 51.0 Å². The Balaban J connectivity index is 1.29. The van der Waals surface area contributed by atoms with Crippen LogP contribution < -0.4 is 0 Å². The Morgan fingerprint density at radius 1 is 0.944 bits per heavy atom. The minimum absolute atomic E-state index is 0.0200. The highest BCUT2D eigenvalue weighted by molar-refractivity contribution is 5.94. The van der Waals surface area contributed by atoms with Gasteiger partial charge in [-0.2, -0.15) is 0 Å². The Kier molecular flexibility index (Phi) is 6.64. The number of carbonyl (C=O) groups is 2. The first-order valence-electron chi connectivity index (χ1n) is 15.0. The smallest absolute Gasteiger partial charge is 0.302 e. The summed E-state index contributed by atoms with van der Waals surface area (Å²) in [4.78, 5) is 26.1. The van der Waals surface area contributed by atoms with Gasteiger partial charge in [0.25, 0.3) is 0 Å². The number of allylic oxidation sites excluding steroid dienone is 2. The van der Waals surface area contributed by atoms with Crippen LogP contribution in [0.5, 0.6) is 0 Å². The lowest BCUT2D eigenvalue weighted by molar-refractivity contribution is -0.157. The normalized spacial score (nSPS) is 48.9. The van der Waals surface area contributed by atoms with Crippen molar-refractivity contribution in [2.45, 2.75) is 116 Å². The highest BCUT2D eigenvalue weighted by Gasteiger charge is 2.65. The second-order valence-corrected chi connectivity index (χ2v) is 13.5. The number of ketones is 1. The summed E-state index contributed by atoms with van der Waals surface area (Å²) in [7, 11) is 0. The Morgan fingerprint density at radius 2 is 1.67 bits per heavy atom. The summed E-state index contributed by atoms with van der Waals surface area (Å²) in [5.74, 6) is 1.62. The minimum atomic E-state index is -0.202. The lowest BCUT2D eigenvalue weighted by atomic mass is 9.46. The first-order chi connectivity index (χ1) is 17.3.